The lowest BCUT2D eigenvalue weighted by atomic mass is 10.2. The van der Waals surface area contributed by atoms with Crippen LogP contribution in [-0.2, 0) is 12.8 Å². The summed E-state index contributed by atoms with van der Waals surface area (Å²) < 4.78 is 0. The number of aryl methyl sites for hydroxylation is 2. The maximum absolute atomic E-state index is 6.00. The van der Waals surface area contributed by atoms with E-state index in [1.807, 2.05) is 48.2 Å². The van der Waals surface area contributed by atoms with Gasteiger partial charge in [0.25, 0.3) is 0 Å². The first-order valence-electron chi connectivity index (χ1n) is 6.52. The predicted molar refractivity (Wildman–Crippen MR) is 97.7 cm³/mol. The quantitative estimate of drug-likeness (QED) is 0.496. The zero-order valence-corrected chi connectivity index (χ0v) is 15.1. The molecule has 0 aliphatic rings. The number of thioether (sulfide) groups is 1. The van der Waals surface area contributed by atoms with Gasteiger partial charge in [-0.2, -0.15) is 11.8 Å². The van der Waals surface area contributed by atoms with Crippen LogP contribution in [0, 0.1) is 0 Å². The van der Waals surface area contributed by atoms with E-state index in [1.165, 1.54) is 11.1 Å². The van der Waals surface area contributed by atoms with Gasteiger partial charge in [-0.25, -0.2) is 0 Å². The Hall–Kier alpha value is -0.0500. The fourth-order valence-electron chi connectivity index (χ4n) is 1.87. The summed E-state index contributed by atoms with van der Waals surface area (Å²) in [6, 6.07) is 11.6. The number of benzene rings is 2. The Bertz CT molecular complexity index is 560. The van der Waals surface area contributed by atoms with Crippen LogP contribution >= 0.6 is 58.2 Å². The molecule has 0 heterocycles. The first-order chi connectivity index (χ1) is 10.1. The summed E-state index contributed by atoms with van der Waals surface area (Å²) >= 11 is 25.7. The SMILES string of the molecule is Clc1ccc(CCSCCc2ccc(Cl)c(Cl)c2)cc1Cl. The number of halogens is 4. The Balaban J connectivity index is 1.72. The van der Waals surface area contributed by atoms with Gasteiger partial charge in [-0.15, -0.1) is 0 Å². The van der Waals surface area contributed by atoms with Gasteiger partial charge >= 0.3 is 0 Å². The van der Waals surface area contributed by atoms with Gasteiger partial charge in [0.15, 0.2) is 0 Å². The fourth-order valence-corrected chi connectivity index (χ4v) is 3.48. The van der Waals surface area contributed by atoms with Gasteiger partial charge in [0.05, 0.1) is 20.1 Å². The van der Waals surface area contributed by atoms with Gasteiger partial charge in [0.2, 0.25) is 0 Å². The molecule has 2 aromatic rings. The van der Waals surface area contributed by atoms with Crippen LogP contribution in [0.4, 0.5) is 0 Å². The normalized spacial score (nSPS) is 10.9. The van der Waals surface area contributed by atoms with Crippen molar-refractivity contribution in [1.29, 1.82) is 0 Å². The summed E-state index contributed by atoms with van der Waals surface area (Å²) in [6.07, 6.45) is 1.98. The van der Waals surface area contributed by atoms with E-state index in [-0.39, 0.29) is 0 Å². The molecule has 0 nitrogen and oxygen atoms in total. The third kappa shape index (κ3) is 5.58. The highest BCUT2D eigenvalue weighted by Gasteiger charge is 2.01. The molecule has 0 aromatic heterocycles. The highest BCUT2D eigenvalue weighted by Crippen LogP contribution is 2.24. The molecular formula is C16H14Cl4S. The number of hydrogen-bond acceptors (Lipinski definition) is 1. The van der Waals surface area contributed by atoms with E-state index >= 15 is 0 Å². The Morgan fingerprint density at radius 2 is 1.05 bits per heavy atom. The van der Waals surface area contributed by atoms with Crippen LogP contribution < -0.4 is 0 Å². The monoisotopic (exact) mass is 378 g/mol. The van der Waals surface area contributed by atoms with Crippen molar-refractivity contribution < 1.29 is 0 Å². The lowest BCUT2D eigenvalue weighted by molar-refractivity contribution is 1.13. The van der Waals surface area contributed by atoms with Crippen molar-refractivity contribution in [3.8, 4) is 0 Å². The van der Waals surface area contributed by atoms with Crippen molar-refractivity contribution in [2.75, 3.05) is 11.5 Å². The summed E-state index contributed by atoms with van der Waals surface area (Å²) in [5.41, 5.74) is 2.43. The topological polar surface area (TPSA) is 0 Å². The molecule has 0 atom stereocenters. The van der Waals surface area contributed by atoms with E-state index < -0.39 is 0 Å². The van der Waals surface area contributed by atoms with Gasteiger partial charge in [-0.1, -0.05) is 58.5 Å². The second-order valence-corrected chi connectivity index (χ2v) is 7.46. The van der Waals surface area contributed by atoms with E-state index in [1.54, 1.807) is 0 Å². The van der Waals surface area contributed by atoms with E-state index in [0.717, 1.165) is 24.3 Å². The average molecular weight is 380 g/mol. The van der Waals surface area contributed by atoms with Crippen LogP contribution in [0.5, 0.6) is 0 Å². The van der Waals surface area contributed by atoms with E-state index in [9.17, 15) is 0 Å². The zero-order chi connectivity index (χ0) is 15.2. The summed E-state index contributed by atoms with van der Waals surface area (Å²) in [6.45, 7) is 0. The molecule has 0 saturated heterocycles. The molecule has 0 N–H and O–H groups in total. The third-order valence-corrected chi connectivity index (χ3v) is 5.50. The molecule has 2 rings (SSSR count). The zero-order valence-electron chi connectivity index (χ0n) is 11.2. The minimum atomic E-state index is 0.604. The Morgan fingerprint density at radius 3 is 1.43 bits per heavy atom. The Kier molecular flexibility index (Phi) is 7.04. The minimum Gasteiger partial charge on any atom is -0.161 e. The molecule has 21 heavy (non-hydrogen) atoms. The number of hydrogen-bond donors (Lipinski definition) is 0. The van der Waals surface area contributed by atoms with Crippen molar-refractivity contribution in [2.45, 2.75) is 12.8 Å². The van der Waals surface area contributed by atoms with Crippen molar-refractivity contribution in [1.82, 2.24) is 0 Å². The molecule has 0 aliphatic carbocycles. The third-order valence-electron chi connectivity index (χ3n) is 3.04. The van der Waals surface area contributed by atoms with Gasteiger partial charge in [0, 0.05) is 0 Å². The lowest BCUT2D eigenvalue weighted by Crippen LogP contribution is -1.93. The molecule has 0 unspecified atom stereocenters. The standard InChI is InChI=1S/C16H14Cl4S/c17-13-3-1-11(9-15(13)19)5-7-21-8-6-12-2-4-14(18)16(20)10-12/h1-4,9-10H,5-8H2. The van der Waals surface area contributed by atoms with Gasteiger partial charge < -0.3 is 0 Å². The molecule has 0 spiro atoms. The molecule has 0 fully saturated rings. The van der Waals surface area contributed by atoms with Crippen molar-refractivity contribution in [3.63, 3.8) is 0 Å². The molecule has 0 bridgehead atoms. The van der Waals surface area contributed by atoms with E-state index in [4.69, 9.17) is 46.4 Å². The minimum absolute atomic E-state index is 0.604. The van der Waals surface area contributed by atoms with Crippen molar-refractivity contribution in [2.24, 2.45) is 0 Å². The molecule has 0 saturated carbocycles. The largest absolute Gasteiger partial charge is 0.161 e. The van der Waals surface area contributed by atoms with Crippen LogP contribution in [0.1, 0.15) is 11.1 Å². The van der Waals surface area contributed by atoms with Crippen LogP contribution in [0.2, 0.25) is 20.1 Å². The fraction of sp³-hybridized carbons (Fsp3) is 0.250. The summed E-state index contributed by atoms with van der Waals surface area (Å²) in [7, 11) is 0. The van der Waals surface area contributed by atoms with E-state index in [2.05, 4.69) is 0 Å². The first kappa shape index (κ1) is 17.3. The molecular weight excluding hydrogens is 366 g/mol. The summed E-state index contributed by atoms with van der Waals surface area (Å²) in [4.78, 5) is 0. The molecule has 0 amide bonds. The van der Waals surface area contributed by atoms with Crippen LogP contribution in [0.3, 0.4) is 0 Å². The molecule has 0 radical (unpaired) electrons. The Morgan fingerprint density at radius 1 is 0.619 bits per heavy atom. The van der Waals surface area contributed by atoms with Gasteiger partial charge in [-0.05, 0) is 59.7 Å². The van der Waals surface area contributed by atoms with Crippen LogP contribution in [0.15, 0.2) is 36.4 Å². The van der Waals surface area contributed by atoms with Crippen molar-refractivity contribution in [3.05, 3.63) is 67.6 Å². The van der Waals surface area contributed by atoms with Crippen LogP contribution in [-0.4, -0.2) is 11.5 Å². The number of rotatable bonds is 6. The second-order valence-electron chi connectivity index (χ2n) is 4.61. The molecule has 0 aliphatic heterocycles. The molecule has 112 valence electrons. The average Bonchev–Trinajstić information content (AvgIpc) is 2.46. The molecule has 2 aromatic carbocycles. The highest BCUT2D eigenvalue weighted by molar-refractivity contribution is 7.99. The lowest BCUT2D eigenvalue weighted by Gasteiger charge is -2.05. The Labute approximate surface area is 149 Å². The predicted octanol–water partition coefficient (Wildman–Crippen LogP) is 6.82. The van der Waals surface area contributed by atoms with Gasteiger partial charge in [-0.3, -0.25) is 0 Å². The van der Waals surface area contributed by atoms with Crippen LogP contribution in [0.25, 0.3) is 0 Å². The van der Waals surface area contributed by atoms with Gasteiger partial charge in [0.1, 0.15) is 0 Å². The van der Waals surface area contributed by atoms with E-state index in [0.29, 0.717) is 20.1 Å². The summed E-state index contributed by atoms with van der Waals surface area (Å²) in [5, 5.41) is 2.45. The second kappa shape index (κ2) is 8.55. The highest BCUT2D eigenvalue weighted by atomic mass is 35.5. The maximum Gasteiger partial charge on any atom is 0.0595 e. The van der Waals surface area contributed by atoms with Crippen molar-refractivity contribution >= 4 is 58.2 Å². The molecule has 5 heteroatoms. The maximum atomic E-state index is 6.00. The first-order valence-corrected chi connectivity index (χ1v) is 9.18. The smallest absolute Gasteiger partial charge is 0.0595 e. The summed E-state index contributed by atoms with van der Waals surface area (Å²) in [5.74, 6) is 2.11.